The molecule has 0 fully saturated rings. The van der Waals surface area contributed by atoms with Crippen molar-refractivity contribution in [2.24, 2.45) is 4.99 Å². The second kappa shape index (κ2) is 6.80. The number of halogens is 1. The average Bonchev–Trinajstić information content (AvgIpc) is 2.98. The maximum absolute atomic E-state index is 13.8. The van der Waals surface area contributed by atoms with Gasteiger partial charge >= 0.3 is 5.97 Å². The van der Waals surface area contributed by atoms with Crippen molar-refractivity contribution in [3.63, 3.8) is 0 Å². The van der Waals surface area contributed by atoms with Gasteiger partial charge < -0.3 is 9.67 Å². The molecule has 6 heteroatoms. The van der Waals surface area contributed by atoms with Crippen LogP contribution in [0.15, 0.2) is 58.9 Å². The molecule has 0 spiro atoms. The number of thiazole rings is 1. The number of aromatic nitrogens is 1. The predicted octanol–water partition coefficient (Wildman–Crippen LogP) is 4.31. The highest BCUT2D eigenvalue weighted by atomic mass is 32.1. The molecule has 0 radical (unpaired) electrons. The molecule has 24 heavy (non-hydrogen) atoms. The highest BCUT2D eigenvalue weighted by Gasteiger charge is 2.11. The van der Waals surface area contributed by atoms with Crippen LogP contribution < -0.4 is 4.80 Å². The van der Waals surface area contributed by atoms with Gasteiger partial charge in [0.2, 0.25) is 0 Å². The van der Waals surface area contributed by atoms with Crippen LogP contribution in [0.5, 0.6) is 0 Å². The number of aromatic carboxylic acids is 1. The van der Waals surface area contributed by atoms with Crippen LogP contribution in [0.2, 0.25) is 0 Å². The molecule has 0 saturated heterocycles. The SMILES string of the molecule is CCn1c(-c2ccccc2)csc1=Nc1ccc(C(=O)O)c(F)c1. The summed E-state index contributed by atoms with van der Waals surface area (Å²) >= 11 is 1.46. The van der Waals surface area contributed by atoms with Crippen LogP contribution in [0.25, 0.3) is 11.3 Å². The molecule has 0 bridgehead atoms. The second-order valence-corrected chi connectivity index (χ2v) is 5.93. The Hall–Kier alpha value is -2.73. The van der Waals surface area contributed by atoms with E-state index in [2.05, 4.69) is 4.99 Å². The van der Waals surface area contributed by atoms with Gasteiger partial charge in [0.15, 0.2) is 4.80 Å². The minimum atomic E-state index is -1.29. The summed E-state index contributed by atoms with van der Waals surface area (Å²) in [5.41, 5.74) is 2.17. The summed E-state index contributed by atoms with van der Waals surface area (Å²) in [5, 5.41) is 10.9. The smallest absolute Gasteiger partial charge is 0.338 e. The van der Waals surface area contributed by atoms with Crippen molar-refractivity contribution in [3.05, 3.63) is 70.1 Å². The summed E-state index contributed by atoms with van der Waals surface area (Å²) in [4.78, 5) is 16.1. The lowest BCUT2D eigenvalue weighted by atomic mass is 10.2. The lowest BCUT2D eigenvalue weighted by Gasteiger charge is -2.06. The molecule has 1 aromatic heterocycles. The van der Waals surface area contributed by atoms with E-state index in [1.54, 1.807) is 0 Å². The third kappa shape index (κ3) is 3.14. The molecule has 3 aromatic rings. The number of nitrogens with zero attached hydrogens (tertiary/aromatic N) is 2. The first-order valence-corrected chi connectivity index (χ1v) is 8.29. The van der Waals surface area contributed by atoms with Gasteiger partial charge in [0.25, 0.3) is 0 Å². The molecule has 0 aliphatic rings. The largest absolute Gasteiger partial charge is 0.478 e. The molecule has 0 amide bonds. The zero-order valence-electron chi connectivity index (χ0n) is 12.9. The third-order valence-corrected chi connectivity index (χ3v) is 4.45. The van der Waals surface area contributed by atoms with Crippen LogP contribution in [-0.4, -0.2) is 15.6 Å². The number of carboxylic acids is 1. The van der Waals surface area contributed by atoms with E-state index in [4.69, 9.17) is 5.11 Å². The van der Waals surface area contributed by atoms with Gasteiger partial charge in [-0.2, -0.15) is 0 Å². The van der Waals surface area contributed by atoms with Crippen LogP contribution in [0.4, 0.5) is 10.1 Å². The minimum absolute atomic E-state index is 0.353. The van der Waals surface area contributed by atoms with E-state index in [-0.39, 0.29) is 5.56 Å². The van der Waals surface area contributed by atoms with Crippen LogP contribution in [0, 0.1) is 5.82 Å². The Balaban J connectivity index is 2.07. The summed E-state index contributed by atoms with van der Waals surface area (Å²) < 4.78 is 15.9. The number of hydrogen-bond acceptors (Lipinski definition) is 3. The first kappa shape index (κ1) is 16.1. The van der Waals surface area contributed by atoms with Gasteiger partial charge in [0, 0.05) is 18.0 Å². The van der Waals surface area contributed by atoms with Crippen LogP contribution >= 0.6 is 11.3 Å². The molecule has 0 aliphatic heterocycles. The van der Waals surface area contributed by atoms with Crippen LogP contribution in [0.3, 0.4) is 0 Å². The standard InChI is InChI=1S/C18H15FN2O2S/c1-2-21-16(12-6-4-3-5-7-12)11-24-18(21)20-13-8-9-14(17(22)23)15(19)10-13/h3-11H,2H2,1H3,(H,22,23). The molecule has 0 saturated carbocycles. The molecular weight excluding hydrogens is 327 g/mol. The molecule has 0 unspecified atom stereocenters. The summed E-state index contributed by atoms with van der Waals surface area (Å²) in [6.45, 7) is 2.74. The fourth-order valence-electron chi connectivity index (χ4n) is 2.42. The number of carboxylic acid groups (broad SMARTS) is 1. The quantitative estimate of drug-likeness (QED) is 0.768. The number of rotatable bonds is 4. The Labute approximate surface area is 142 Å². The molecule has 2 aromatic carbocycles. The Morgan fingerprint density at radius 1 is 1.25 bits per heavy atom. The predicted molar refractivity (Wildman–Crippen MR) is 92.0 cm³/mol. The fraction of sp³-hybridized carbons (Fsp3) is 0.111. The second-order valence-electron chi connectivity index (χ2n) is 5.09. The lowest BCUT2D eigenvalue weighted by molar-refractivity contribution is 0.0692. The first-order chi connectivity index (χ1) is 11.6. The number of carbonyl (C=O) groups is 1. The zero-order chi connectivity index (χ0) is 17.1. The van der Waals surface area contributed by atoms with Crippen molar-refractivity contribution in [3.8, 4) is 11.3 Å². The molecular formula is C18H15FN2O2S. The van der Waals surface area contributed by atoms with Crippen LogP contribution in [0.1, 0.15) is 17.3 Å². The van der Waals surface area contributed by atoms with E-state index in [1.165, 1.54) is 23.5 Å². The monoisotopic (exact) mass is 342 g/mol. The molecule has 3 rings (SSSR count). The van der Waals surface area contributed by atoms with Gasteiger partial charge in [0.1, 0.15) is 5.82 Å². The van der Waals surface area contributed by atoms with E-state index in [0.29, 0.717) is 5.69 Å². The Kier molecular flexibility index (Phi) is 4.57. The number of benzene rings is 2. The fourth-order valence-corrected chi connectivity index (χ4v) is 3.41. The normalized spacial score (nSPS) is 11.7. The van der Waals surface area contributed by atoms with E-state index < -0.39 is 11.8 Å². The van der Waals surface area contributed by atoms with Crippen LogP contribution in [-0.2, 0) is 6.54 Å². The van der Waals surface area contributed by atoms with Gasteiger partial charge in [-0.3, -0.25) is 0 Å². The van der Waals surface area contributed by atoms with Crippen molar-refractivity contribution in [2.75, 3.05) is 0 Å². The van der Waals surface area contributed by atoms with Crippen molar-refractivity contribution in [2.45, 2.75) is 13.5 Å². The molecule has 1 heterocycles. The average molecular weight is 342 g/mol. The topological polar surface area (TPSA) is 54.6 Å². The van der Waals surface area contributed by atoms with Crippen molar-refractivity contribution in [1.29, 1.82) is 0 Å². The summed E-state index contributed by atoms with van der Waals surface area (Å²) in [6.07, 6.45) is 0. The van der Waals surface area contributed by atoms with Gasteiger partial charge in [-0.1, -0.05) is 30.3 Å². The molecule has 4 nitrogen and oxygen atoms in total. The van der Waals surface area contributed by atoms with Crippen molar-refractivity contribution >= 4 is 23.0 Å². The summed E-state index contributed by atoms with van der Waals surface area (Å²) in [7, 11) is 0. The van der Waals surface area contributed by atoms with Crippen molar-refractivity contribution < 1.29 is 14.3 Å². The number of hydrogen-bond donors (Lipinski definition) is 1. The summed E-state index contributed by atoms with van der Waals surface area (Å²) in [6, 6.07) is 13.9. The Bertz CT molecular complexity index is 945. The lowest BCUT2D eigenvalue weighted by Crippen LogP contribution is -2.14. The highest BCUT2D eigenvalue weighted by molar-refractivity contribution is 7.07. The van der Waals surface area contributed by atoms with Crippen molar-refractivity contribution in [1.82, 2.24) is 4.57 Å². The van der Waals surface area contributed by atoms with Gasteiger partial charge in [-0.15, -0.1) is 11.3 Å². The first-order valence-electron chi connectivity index (χ1n) is 7.41. The molecule has 1 N–H and O–H groups in total. The third-order valence-electron chi connectivity index (χ3n) is 3.59. The molecule has 0 atom stereocenters. The van der Waals surface area contributed by atoms with E-state index >= 15 is 0 Å². The summed E-state index contributed by atoms with van der Waals surface area (Å²) in [5.74, 6) is -2.07. The van der Waals surface area contributed by atoms with E-state index in [9.17, 15) is 9.18 Å². The van der Waals surface area contributed by atoms with E-state index in [1.807, 2.05) is 47.2 Å². The Morgan fingerprint density at radius 3 is 2.62 bits per heavy atom. The van der Waals surface area contributed by atoms with Gasteiger partial charge in [-0.05, 0) is 24.6 Å². The molecule has 0 aliphatic carbocycles. The zero-order valence-corrected chi connectivity index (χ0v) is 13.8. The maximum Gasteiger partial charge on any atom is 0.338 e. The minimum Gasteiger partial charge on any atom is -0.478 e. The Morgan fingerprint density at radius 2 is 2.00 bits per heavy atom. The van der Waals surface area contributed by atoms with Gasteiger partial charge in [-0.25, -0.2) is 14.2 Å². The highest BCUT2D eigenvalue weighted by Crippen LogP contribution is 2.21. The van der Waals surface area contributed by atoms with Gasteiger partial charge in [0.05, 0.1) is 16.9 Å². The maximum atomic E-state index is 13.8. The molecule has 122 valence electrons. The van der Waals surface area contributed by atoms with E-state index in [0.717, 1.165) is 28.7 Å².